The predicted molar refractivity (Wildman–Crippen MR) is 74.6 cm³/mol. The zero-order valence-corrected chi connectivity index (χ0v) is 12.3. The lowest BCUT2D eigenvalue weighted by molar-refractivity contribution is -0.150. The van der Waals surface area contributed by atoms with E-state index in [9.17, 15) is 9.59 Å². The molecule has 0 radical (unpaired) electrons. The van der Waals surface area contributed by atoms with Gasteiger partial charge < -0.3 is 10.2 Å². The molecule has 108 valence electrons. The number of rotatable bonds is 6. The minimum atomic E-state index is -0.289. The first-order valence-corrected chi connectivity index (χ1v) is 7.76. The highest BCUT2D eigenvalue weighted by atomic mass is 16.2. The summed E-state index contributed by atoms with van der Waals surface area (Å²) in [5, 5.41) is 2.90. The molecule has 0 aromatic heterocycles. The molecule has 0 aromatic rings. The Labute approximate surface area is 115 Å². The molecule has 2 fully saturated rings. The van der Waals surface area contributed by atoms with Crippen molar-refractivity contribution in [2.45, 2.75) is 77.4 Å². The van der Waals surface area contributed by atoms with Crippen molar-refractivity contribution in [1.82, 2.24) is 10.2 Å². The van der Waals surface area contributed by atoms with E-state index in [1.54, 1.807) is 0 Å². The van der Waals surface area contributed by atoms with Crippen LogP contribution >= 0.6 is 0 Å². The Kier molecular flexibility index (Phi) is 4.48. The van der Waals surface area contributed by atoms with Crippen LogP contribution in [0, 0.1) is 5.92 Å². The SMILES string of the molecule is CCCC1NC(=O)C(CC)N(C2CC2CCC)C1=O. The number of amides is 2. The van der Waals surface area contributed by atoms with Crippen LogP contribution in [0.2, 0.25) is 0 Å². The van der Waals surface area contributed by atoms with Crippen molar-refractivity contribution in [3.05, 3.63) is 0 Å². The smallest absolute Gasteiger partial charge is 0.246 e. The van der Waals surface area contributed by atoms with Gasteiger partial charge in [0.05, 0.1) is 0 Å². The van der Waals surface area contributed by atoms with Crippen LogP contribution in [-0.2, 0) is 9.59 Å². The van der Waals surface area contributed by atoms with Crippen LogP contribution in [0.25, 0.3) is 0 Å². The van der Waals surface area contributed by atoms with Crippen molar-refractivity contribution in [3.63, 3.8) is 0 Å². The minimum Gasteiger partial charge on any atom is -0.343 e. The van der Waals surface area contributed by atoms with E-state index in [0.717, 1.165) is 25.7 Å². The van der Waals surface area contributed by atoms with Gasteiger partial charge in [-0.05, 0) is 31.6 Å². The van der Waals surface area contributed by atoms with Crippen LogP contribution in [0.5, 0.6) is 0 Å². The molecule has 1 heterocycles. The highest BCUT2D eigenvalue weighted by Crippen LogP contribution is 2.41. The van der Waals surface area contributed by atoms with Gasteiger partial charge in [0.25, 0.3) is 0 Å². The van der Waals surface area contributed by atoms with Crippen molar-refractivity contribution in [2.75, 3.05) is 0 Å². The quantitative estimate of drug-likeness (QED) is 0.800. The summed E-state index contributed by atoms with van der Waals surface area (Å²) in [5.41, 5.74) is 0. The first-order valence-electron chi connectivity index (χ1n) is 7.76. The van der Waals surface area contributed by atoms with Crippen LogP contribution in [0.3, 0.4) is 0 Å². The second kappa shape index (κ2) is 5.93. The Morgan fingerprint density at radius 3 is 2.42 bits per heavy atom. The molecule has 0 spiro atoms. The first-order chi connectivity index (χ1) is 9.13. The van der Waals surface area contributed by atoms with Crippen LogP contribution in [-0.4, -0.2) is 34.8 Å². The predicted octanol–water partition coefficient (Wildman–Crippen LogP) is 2.08. The van der Waals surface area contributed by atoms with E-state index in [1.165, 1.54) is 6.42 Å². The van der Waals surface area contributed by atoms with E-state index >= 15 is 0 Å². The zero-order chi connectivity index (χ0) is 14.0. The second-order valence-corrected chi connectivity index (χ2v) is 5.87. The van der Waals surface area contributed by atoms with Gasteiger partial charge in [0, 0.05) is 6.04 Å². The molecule has 2 aliphatic rings. The number of piperazine rings is 1. The molecule has 19 heavy (non-hydrogen) atoms. The van der Waals surface area contributed by atoms with E-state index in [1.807, 2.05) is 18.7 Å². The van der Waals surface area contributed by atoms with Crippen LogP contribution in [0.1, 0.15) is 59.3 Å². The molecule has 4 atom stereocenters. The Balaban J connectivity index is 2.11. The largest absolute Gasteiger partial charge is 0.343 e. The van der Waals surface area contributed by atoms with Crippen molar-refractivity contribution in [3.8, 4) is 0 Å². The number of nitrogens with zero attached hydrogens (tertiary/aromatic N) is 1. The maximum Gasteiger partial charge on any atom is 0.246 e. The van der Waals surface area contributed by atoms with Crippen LogP contribution in [0.15, 0.2) is 0 Å². The van der Waals surface area contributed by atoms with Gasteiger partial charge in [-0.3, -0.25) is 9.59 Å². The van der Waals surface area contributed by atoms with Gasteiger partial charge in [0.2, 0.25) is 11.8 Å². The Morgan fingerprint density at radius 1 is 1.16 bits per heavy atom. The van der Waals surface area contributed by atoms with E-state index in [0.29, 0.717) is 18.4 Å². The second-order valence-electron chi connectivity index (χ2n) is 5.87. The number of carbonyl (C=O) groups excluding carboxylic acids is 2. The lowest BCUT2D eigenvalue weighted by atomic mass is 10.0. The normalized spacial score (nSPS) is 34.4. The van der Waals surface area contributed by atoms with Gasteiger partial charge in [-0.25, -0.2) is 0 Å². The van der Waals surface area contributed by atoms with E-state index in [2.05, 4.69) is 12.2 Å². The first kappa shape index (κ1) is 14.4. The maximum atomic E-state index is 12.6. The van der Waals surface area contributed by atoms with E-state index in [-0.39, 0.29) is 23.9 Å². The molecule has 1 N–H and O–H groups in total. The summed E-state index contributed by atoms with van der Waals surface area (Å²) in [6, 6.07) is -0.210. The number of carbonyl (C=O) groups is 2. The summed E-state index contributed by atoms with van der Waals surface area (Å²) in [7, 11) is 0. The van der Waals surface area contributed by atoms with Gasteiger partial charge in [0.15, 0.2) is 0 Å². The fourth-order valence-corrected chi connectivity index (χ4v) is 3.30. The van der Waals surface area contributed by atoms with Crippen LogP contribution in [0.4, 0.5) is 0 Å². The lowest BCUT2D eigenvalue weighted by Crippen LogP contribution is -2.63. The third-order valence-electron chi connectivity index (χ3n) is 4.37. The Morgan fingerprint density at radius 2 is 1.84 bits per heavy atom. The molecule has 4 nitrogen and oxygen atoms in total. The van der Waals surface area contributed by atoms with Gasteiger partial charge in [-0.1, -0.05) is 33.6 Å². The Hall–Kier alpha value is -1.06. The standard InChI is InChI=1S/C15H26N2O2/c1-4-7-10-9-13(10)17-12(6-3)14(18)16-11(8-5-2)15(17)19/h10-13H,4-9H2,1-3H3,(H,16,18). The third-order valence-corrected chi connectivity index (χ3v) is 4.37. The molecule has 2 amide bonds. The Bertz CT molecular complexity index is 356. The highest BCUT2D eigenvalue weighted by Gasteiger charge is 2.50. The highest BCUT2D eigenvalue weighted by molar-refractivity contribution is 5.97. The van der Waals surface area contributed by atoms with E-state index < -0.39 is 0 Å². The molecule has 2 rings (SSSR count). The molecule has 1 aliphatic heterocycles. The lowest BCUT2D eigenvalue weighted by Gasteiger charge is -2.39. The summed E-state index contributed by atoms with van der Waals surface area (Å²) in [5.74, 6) is 0.816. The van der Waals surface area contributed by atoms with Crippen molar-refractivity contribution < 1.29 is 9.59 Å². The fraction of sp³-hybridized carbons (Fsp3) is 0.867. The summed E-state index contributed by atoms with van der Waals surface area (Å²) in [4.78, 5) is 26.6. The van der Waals surface area contributed by atoms with Crippen molar-refractivity contribution in [1.29, 1.82) is 0 Å². The molecule has 0 aromatic carbocycles. The topological polar surface area (TPSA) is 49.4 Å². The van der Waals surface area contributed by atoms with Crippen molar-refractivity contribution >= 4 is 11.8 Å². The summed E-state index contributed by atoms with van der Waals surface area (Å²) >= 11 is 0. The fourth-order valence-electron chi connectivity index (χ4n) is 3.30. The number of hydrogen-bond acceptors (Lipinski definition) is 2. The molecule has 1 saturated heterocycles. The third kappa shape index (κ3) is 2.77. The van der Waals surface area contributed by atoms with Gasteiger partial charge in [-0.15, -0.1) is 0 Å². The monoisotopic (exact) mass is 266 g/mol. The molecule has 4 heteroatoms. The number of nitrogens with one attached hydrogen (secondary N) is 1. The molecule has 4 unspecified atom stereocenters. The van der Waals surface area contributed by atoms with Crippen LogP contribution < -0.4 is 5.32 Å². The summed E-state index contributed by atoms with van der Waals surface area (Å²) in [6.45, 7) is 6.21. The maximum absolute atomic E-state index is 12.6. The van der Waals surface area contributed by atoms with E-state index in [4.69, 9.17) is 0 Å². The average Bonchev–Trinajstić information content (AvgIpc) is 3.12. The summed E-state index contributed by atoms with van der Waals surface area (Å²) in [6.07, 6.45) is 5.80. The molecular weight excluding hydrogens is 240 g/mol. The minimum absolute atomic E-state index is 0.0442. The molecule has 1 aliphatic carbocycles. The van der Waals surface area contributed by atoms with Gasteiger partial charge >= 0.3 is 0 Å². The average molecular weight is 266 g/mol. The summed E-state index contributed by atoms with van der Waals surface area (Å²) < 4.78 is 0. The number of hydrogen-bond donors (Lipinski definition) is 1. The molecule has 0 bridgehead atoms. The van der Waals surface area contributed by atoms with Gasteiger partial charge in [0.1, 0.15) is 12.1 Å². The zero-order valence-electron chi connectivity index (χ0n) is 12.3. The molecular formula is C15H26N2O2. The van der Waals surface area contributed by atoms with Crippen molar-refractivity contribution in [2.24, 2.45) is 5.92 Å². The molecule has 1 saturated carbocycles. The van der Waals surface area contributed by atoms with Gasteiger partial charge in [-0.2, -0.15) is 0 Å².